The minimum absolute atomic E-state index is 0.146. The van der Waals surface area contributed by atoms with Crippen molar-refractivity contribution < 1.29 is 0 Å². The molecule has 0 heterocycles. The molecule has 13 heavy (non-hydrogen) atoms. The summed E-state index contributed by atoms with van der Waals surface area (Å²) in [5.74, 6) is 0.486. The van der Waals surface area contributed by atoms with Crippen molar-refractivity contribution in [3.63, 3.8) is 0 Å². The van der Waals surface area contributed by atoms with Gasteiger partial charge in [0.05, 0.1) is 0 Å². The van der Waals surface area contributed by atoms with Crippen molar-refractivity contribution in [1.82, 2.24) is 0 Å². The first-order valence-corrected chi connectivity index (χ1v) is 5.33. The lowest BCUT2D eigenvalue weighted by molar-refractivity contribution is 0.512. The standard InChI is InChI=1S/C11H16BrN/c1-7(2)11(13)10-5-4-9(12)6-8(10)3/h4-7,11H,13H2,1-3H3/t11-/m1/s1. The molecule has 2 heteroatoms. The molecule has 1 aromatic carbocycles. The number of rotatable bonds is 2. The van der Waals surface area contributed by atoms with E-state index in [9.17, 15) is 0 Å². The molecule has 0 bridgehead atoms. The summed E-state index contributed by atoms with van der Waals surface area (Å²) >= 11 is 3.44. The number of aryl methyl sites for hydroxylation is 1. The minimum Gasteiger partial charge on any atom is -0.324 e. The zero-order valence-electron chi connectivity index (χ0n) is 8.34. The first-order valence-electron chi connectivity index (χ1n) is 4.54. The van der Waals surface area contributed by atoms with Crippen LogP contribution in [0.5, 0.6) is 0 Å². The maximum Gasteiger partial charge on any atom is 0.0320 e. The molecule has 0 saturated carbocycles. The van der Waals surface area contributed by atoms with Gasteiger partial charge in [0.15, 0.2) is 0 Å². The molecule has 0 spiro atoms. The Labute approximate surface area is 88.5 Å². The molecule has 1 atom stereocenters. The second-order valence-corrected chi connectivity index (χ2v) is 4.69. The van der Waals surface area contributed by atoms with Crippen LogP contribution in [0.1, 0.15) is 31.0 Å². The third-order valence-corrected chi connectivity index (χ3v) is 2.80. The van der Waals surface area contributed by atoms with E-state index < -0.39 is 0 Å². The van der Waals surface area contributed by atoms with Crippen LogP contribution in [0.25, 0.3) is 0 Å². The highest BCUT2D eigenvalue weighted by Gasteiger charge is 2.12. The van der Waals surface area contributed by atoms with E-state index in [1.165, 1.54) is 11.1 Å². The van der Waals surface area contributed by atoms with Gasteiger partial charge >= 0.3 is 0 Å². The summed E-state index contributed by atoms with van der Waals surface area (Å²) in [6.07, 6.45) is 0. The van der Waals surface area contributed by atoms with Gasteiger partial charge in [-0.15, -0.1) is 0 Å². The lowest BCUT2D eigenvalue weighted by Crippen LogP contribution is -2.17. The molecule has 0 fully saturated rings. The molecular formula is C11H16BrN. The fraction of sp³-hybridized carbons (Fsp3) is 0.455. The zero-order valence-corrected chi connectivity index (χ0v) is 9.93. The van der Waals surface area contributed by atoms with E-state index in [1.54, 1.807) is 0 Å². The highest BCUT2D eigenvalue weighted by atomic mass is 79.9. The highest BCUT2D eigenvalue weighted by molar-refractivity contribution is 9.10. The van der Waals surface area contributed by atoms with Crippen LogP contribution >= 0.6 is 15.9 Å². The summed E-state index contributed by atoms with van der Waals surface area (Å²) < 4.78 is 1.12. The van der Waals surface area contributed by atoms with Gasteiger partial charge in [0, 0.05) is 10.5 Å². The molecule has 2 N–H and O–H groups in total. The summed E-state index contributed by atoms with van der Waals surface area (Å²) in [7, 11) is 0. The molecule has 72 valence electrons. The van der Waals surface area contributed by atoms with Gasteiger partial charge in [-0.25, -0.2) is 0 Å². The lowest BCUT2D eigenvalue weighted by Gasteiger charge is -2.18. The molecule has 0 aromatic heterocycles. The van der Waals surface area contributed by atoms with E-state index in [0.717, 1.165) is 4.47 Å². The fourth-order valence-electron chi connectivity index (χ4n) is 1.37. The van der Waals surface area contributed by atoms with Gasteiger partial charge < -0.3 is 5.73 Å². The monoisotopic (exact) mass is 241 g/mol. The lowest BCUT2D eigenvalue weighted by atomic mass is 9.94. The van der Waals surface area contributed by atoms with Gasteiger partial charge in [-0.2, -0.15) is 0 Å². The summed E-state index contributed by atoms with van der Waals surface area (Å²) in [5.41, 5.74) is 8.58. The van der Waals surface area contributed by atoms with Gasteiger partial charge in [0.2, 0.25) is 0 Å². The second-order valence-electron chi connectivity index (χ2n) is 3.77. The molecule has 0 saturated heterocycles. The Morgan fingerprint density at radius 3 is 2.38 bits per heavy atom. The average Bonchev–Trinajstić information content (AvgIpc) is 2.03. The van der Waals surface area contributed by atoms with Crippen molar-refractivity contribution in [2.75, 3.05) is 0 Å². The van der Waals surface area contributed by atoms with Gasteiger partial charge in [-0.3, -0.25) is 0 Å². The van der Waals surface area contributed by atoms with Crippen molar-refractivity contribution in [3.8, 4) is 0 Å². The van der Waals surface area contributed by atoms with Crippen LogP contribution < -0.4 is 5.73 Å². The Hall–Kier alpha value is -0.340. The van der Waals surface area contributed by atoms with E-state index in [4.69, 9.17) is 5.73 Å². The predicted molar refractivity (Wildman–Crippen MR) is 60.6 cm³/mol. The Morgan fingerprint density at radius 2 is 1.92 bits per heavy atom. The third-order valence-electron chi connectivity index (χ3n) is 2.31. The van der Waals surface area contributed by atoms with Crippen molar-refractivity contribution in [2.45, 2.75) is 26.8 Å². The summed E-state index contributed by atoms with van der Waals surface area (Å²) in [6, 6.07) is 6.40. The van der Waals surface area contributed by atoms with Gasteiger partial charge in [-0.1, -0.05) is 35.8 Å². The van der Waals surface area contributed by atoms with Gasteiger partial charge in [0.25, 0.3) is 0 Å². The summed E-state index contributed by atoms with van der Waals surface area (Å²) in [6.45, 7) is 6.39. The summed E-state index contributed by atoms with van der Waals surface area (Å²) in [4.78, 5) is 0. The first kappa shape index (κ1) is 10.7. The Morgan fingerprint density at radius 1 is 1.31 bits per heavy atom. The van der Waals surface area contributed by atoms with E-state index in [0.29, 0.717) is 5.92 Å². The van der Waals surface area contributed by atoms with Crippen molar-refractivity contribution >= 4 is 15.9 Å². The van der Waals surface area contributed by atoms with Gasteiger partial charge in [0.1, 0.15) is 0 Å². The quantitative estimate of drug-likeness (QED) is 0.844. The number of halogens is 1. The Balaban J connectivity index is 3.01. The molecule has 0 aliphatic rings. The molecule has 1 nitrogen and oxygen atoms in total. The SMILES string of the molecule is Cc1cc(Br)ccc1[C@H](N)C(C)C. The molecule has 0 amide bonds. The molecule has 0 unspecified atom stereocenters. The van der Waals surface area contributed by atoms with Crippen LogP contribution in [-0.2, 0) is 0 Å². The Bertz CT molecular complexity index is 294. The zero-order chi connectivity index (χ0) is 10.0. The van der Waals surface area contributed by atoms with Crippen molar-refractivity contribution in [3.05, 3.63) is 33.8 Å². The molecule has 0 aliphatic heterocycles. The van der Waals surface area contributed by atoms with Crippen LogP contribution in [0.15, 0.2) is 22.7 Å². The van der Waals surface area contributed by atoms with Crippen molar-refractivity contribution in [1.29, 1.82) is 0 Å². The third kappa shape index (κ3) is 2.55. The van der Waals surface area contributed by atoms with Crippen molar-refractivity contribution in [2.24, 2.45) is 11.7 Å². The largest absolute Gasteiger partial charge is 0.324 e. The first-order chi connectivity index (χ1) is 6.02. The topological polar surface area (TPSA) is 26.0 Å². The Kier molecular flexibility index (Phi) is 3.51. The number of benzene rings is 1. The van der Waals surface area contributed by atoms with Crippen LogP contribution in [0.4, 0.5) is 0 Å². The predicted octanol–water partition coefficient (Wildman–Crippen LogP) is 3.41. The molecular weight excluding hydrogens is 226 g/mol. The average molecular weight is 242 g/mol. The van der Waals surface area contributed by atoms with Crippen LogP contribution in [0.3, 0.4) is 0 Å². The molecule has 1 aromatic rings. The van der Waals surface area contributed by atoms with E-state index >= 15 is 0 Å². The minimum atomic E-state index is 0.146. The summed E-state index contributed by atoms with van der Waals surface area (Å²) in [5, 5.41) is 0. The maximum absolute atomic E-state index is 6.07. The van der Waals surface area contributed by atoms with E-state index in [2.05, 4.69) is 48.8 Å². The van der Waals surface area contributed by atoms with E-state index in [-0.39, 0.29) is 6.04 Å². The second kappa shape index (κ2) is 4.25. The van der Waals surface area contributed by atoms with Crippen LogP contribution in [0, 0.1) is 12.8 Å². The maximum atomic E-state index is 6.07. The number of hydrogen-bond donors (Lipinski definition) is 1. The van der Waals surface area contributed by atoms with E-state index in [1.807, 2.05) is 6.07 Å². The fourth-order valence-corrected chi connectivity index (χ4v) is 1.85. The normalized spacial score (nSPS) is 13.4. The molecule has 0 radical (unpaired) electrons. The molecule has 1 rings (SSSR count). The number of nitrogens with two attached hydrogens (primary N) is 1. The van der Waals surface area contributed by atoms with Gasteiger partial charge in [-0.05, 0) is 36.1 Å². The smallest absolute Gasteiger partial charge is 0.0320 e. The number of hydrogen-bond acceptors (Lipinski definition) is 1. The van der Waals surface area contributed by atoms with Crippen LogP contribution in [0.2, 0.25) is 0 Å². The van der Waals surface area contributed by atoms with Crippen LogP contribution in [-0.4, -0.2) is 0 Å². The molecule has 0 aliphatic carbocycles. The highest BCUT2D eigenvalue weighted by Crippen LogP contribution is 2.24.